The fourth-order valence-corrected chi connectivity index (χ4v) is 4.05. The van der Waals surface area contributed by atoms with Crippen LogP contribution in [0.4, 0.5) is 0 Å². The van der Waals surface area contributed by atoms with Crippen molar-refractivity contribution in [1.82, 2.24) is 24.3 Å². The standard InChI is InChI=1S/C20H15BrClN5/c1-12-18-10-27-20(15-9-14(21)6-7-17(15)26(18)11-23-12)24-19(25-27)8-13-4-2-3-5-16(13)22/h2-7,9,11H,8,10H2,1H3. The molecule has 134 valence electrons. The zero-order chi connectivity index (χ0) is 18.5. The van der Waals surface area contributed by atoms with Crippen molar-refractivity contribution in [2.75, 3.05) is 0 Å². The summed E-state index contributed by atoms with van der Waals surface area (Å²) in [5.74, 6) is 1.62. The van der Waals surface area contributed by atoms with Gasteiger partial charge < -0.3 is 4.57 Å². The van der Waals surface area contributed by atoms with E-state index in [4.69, 9.17) is 21.7 Å². The molecule has 0 radical (unpaired) electrons. The quantitative estimate of drug-likeness (QED) is 0.396. The van der Waals surface area contributed by atoms with Gasteiger partial charge in [0.05, 0.1) is 29.9 Å². The lowest BCUT2D eigenvalue weighted by molar-refractivity contribution is 0.664. The van der Waals surface area contributed by atoms with E-state index < -0.39 is 0 Å². The fourth-order valence-electron chi connectivity index (χ4n) is 3.49. The van der Waals surface area contributed by atoms with Gasteiger partial charge in [-0.15, -0.1) is 0 Å². The maximum atomic E-state index is 6.32. The van der Waals surface area contributed by atoms with Gasteiger partial charge in [0.2, 0.25) is 0 Å². The molecule has 0 spiro atoms. The summed E-state index contributed by atoms with van der Waals surface area (Å²) >= 11 is 9.90. The predicted molar refractivity (Wildman–Crippen MR) is 108 cm³/mol. The number of fused-ring (bicyclic) bond motifs is 5. The van der Waals surface area contributed by atoms with Crippen molar-refractivity contribution in [3.63, 3.8) is 0 Å². The lowest BCUT2D eigenvalue weighted by atomic mass is 10.1. The van der Waals surface area contributed by atoms with Crippen LogP contribution in [0.2, 0.25) is 5.02 Å². The third-order valence-electron chi connectivity index (χ3n) is 4.86. The number of aryl methyl sites for hydroxylation is 1. The molecule has 0 saturated heterocycles. The zero-order valence-electron chi connectivity index (χ0n) is 14.5. The molecule has 1 aliphatic heterocycles. The molecule has 5 nitrogen and oxygen atoms in total. The second-order valence-electron chi connectivity index (χ2n) is 6.59. The van der Waals surface area contributed by atoms with E-state index in [1.54, 1.807) is 0 Å². The number of hydrogen-bond acceptors (Lipinski definition) is 3. The first-order valence-corrected chi connectivity index (χ1v) is 9.77. The largest absolute Gasteiger partial charge is 0.300 e. The number of benzene rings is 2. The Labute approximate surface area is 169 Å². The first-order chi connectivity index (χ1) is 13.1. The summed E-state index contributed by atoms with van der Waals surface area (Å²) in [6.07, 6.45) is 2.47. The maximum Gasteiger partial charge on any atom is 0.160 e. The van der Waals surface area contributed by atoms with E-state index in [9.17, 15) is 0 Å². The van der Waals surface area contributed by atoms with Crippen molar-refractivity contribution in [1.29, 1.82) is 0 Å². The van der Waals surface area contributed by atoms with Crippen LogP contribution in [0.3, 0.4) is 0 Å². The Kier molecular flexibility index (Phi) is 3.91. The lowest BCUT2D eigenvalue weighted by Crippen LogP contribution is -2.06. The molecule has 0 unspecified atom stereocenters. The Morgan fingerprint density at radius 2 is 2.04 bits per heavy atom. The number of imidazole rings is 1. The van der Waals surface area contributed by atoms with Crippen LogP contribution in [0.5, 0.6) is 0 Å². The van der Waals surface area contributed by atoms with E-state index in [0.29, 0.717) is 13.0 Å². The van der Waals surface area contributed by atoms with E-state index in [1.165, 1.54) is 0 Å². The van der Waals surface area contributed by atoms with Crippen LogP contribution in [-0.4, -0.2) is 24.3 Å². The second kappa shape index (κ2) is 6.32. The minimum absolute atomic E-state index is 0.598. The van der Waals surface area contributed by atoms with Crippen LogP contribution in [0.1, 0.15) is 22.8 Å². The summed E-state index contributed by atoms with van der Waals surface area (Å²) in [5, 5.41) is 5.52. The third kappa shape index (κ3) is 2.80. The number of hydrogen-bond donors (Lipinski definition) is 0. The minimum Gasteiger partial charge on any atom is -0.300 e. The van der Waals surface area contributed by atoms with Crippen LogP contribution >= 0.6 is 27.5 Å². The highest BCUT2D eigenvalue weighted by molar-refractivity contribution is 9.10. The first kappa shape index (κ1) is 16.7. The van der Waals surface area contributed by atoms with Crippen LogP contribution < -0.4 is 0 Å². The second-order valence-corrected chi connectivity index (χ2v) is 7.91. The highest BCUT2D eigenvalue weighted by atomic mass is 79.9. The van der Waals surface area contributed by atoms with E-state index >= 15 is 0 Å². The van der Waals surface area contributed by atoms with Crippen molar-refractivity contribution >= 4 is 27.5 Å². The summed E-state index contributed by atoms with van der Waals surface area (Å²) in [7, 11) is 0. The van der Waals surface area contributed by atoms with Gasteiger partial charge in [0, 0.05) is 21.5 Å². The Morgan fingerprint density at radius 3 is 2.89 bits per heavy atom. The number of aromatic nitrogens is 5. The molecule has 7 heteroatoms. The average molecular weight is 441 g/mol. The molecule has 2 aromatic carbocycles. The predicted octanol–water partition coefficient (Wildman–Crippen LogP) is 4.81. The molecule has 0 fully saturated rings. The zero-order valence-corrected chi connectivity index (χ0v) is 16.9. The fraction of sp³-hybridized carbons (Fsp3) is 0.150. The van der Waals surface area contributed by atoms with Crippen molar-refractivity contribution in [2.45, 2.75) is 19.9 Å². The van der Waals surface area contributed by atoms with Gasteiger partial charge in [0.1, 0.15) is 0 Å². The van der Waals surface area contributed by atoms with Gasteiger partial charge >= 0.3 is 0 Å². The molecule has 3 heterocycles. The summed E-state index contributed by atoms with van der Waals surface area (Å²) < 4.78 is 5.09. The molecule has 0 amide bonds. The van der Waals surface area contributed by atoms with Crippen molar-refractivity contribution in [2.24, 2.45) is 0 Å². The van der Waals surface area contributed by atoms with Crippen molar-refractivity contribution in [3.05, 3.63) is 81.1 Å². The molecular formula is C20H15BrClN5. The molecular weight excluding hydrogens is 426 g/mol. The molecule has 2 aromatic heterocycles. The minimum atomic E-state index is 0.598. The summed E-state index contributed by atoms with van der Waals surface area (Å²) in [5.41, 5.74) is 5.23. The molecule has 1 aliphatic rings. The number of nitrogens with zero attached hydrogens (tertiary/aromatic N) is 5. The van der Waals surface area contributed by atoms with Crippen LogP contribution in [0.25, 0.3) is 17.1 Å². The van der Waals surface area contributed by atoms with Crippen LogP contribution in [0, 0.1) is 6.92 Å². The number of rotatable bonds is 2. The lowest BCUT2D eigenvalue weighted by Gasteiger charge is -2.08. The summed E-state index contributed by atoms with van der Waals surface area (Å²) in [4.78, 5) is 9.35. The first-order valence-electron chi connectivity index (χ1n) is 8.60. The highest BCUT2D eigenvalue weighted by Gasteiger charge is 2.24. The monoisotopic (exact) mass is 439 g/mol. The average Bonchev–Trinajstić information content (AvgIpc) is 3.18. The van der Waals surface area contributed by atoms with Gasteiger partial charge in [-0.3, -0.25) is 0 Å². The molecule has 0 N–H and O–H groups in total. The van der Waals surface area contributed by atoms with Gasteiger partial charge in [-0.1, -0.05) is 45.7 Å². The Morgan fingerprint density at radius 1 is 1.19 bits per heavy atom. The Balaban J connectivity index is 1.67. The molecule has 5 rings (SSSR count). The molecule has 27 heavy (non-hydrogen) atoms. The molecule has 0 atom stereocenters. The van der Waals surface area contributed by atoms with Crippen molar-refractivity contribution in [3.8, 4) is 17.1 Å². The smallest absolute Gasteiger partial charge is 0.160 e. The van der Waals surface area contributed by atoms with Crippen molar-refractivity contribution < 1.29 is 0 Å². The van der Waals surface area contributed by atoms with Gasteiger partial charge in [0.25, 0.3) is 0 Å². The molecule has 4 aromatic rings. The van der Waals surface area contributed by atoms with Gasteiger partial charge in [-0.25, -0.2) is 14.6 Å². The summed E-state index contributed by atoms with van der Waals surface area (Å²) in [6.45, 7) is 2.65. The van der Waals surface area contributed by atoms with E-state index in [2.05, 4.69) is 37.6 Å². The summed E-state index contributed by atoms with van der Waals surface area (Å²) in [6, 6.07) is 14.0. The van der Waals surface area contributed by atoms with Crippen LogP contribution in [-0.2, 0) is 13.0 Å². The van der Waals surface area contributed by atoms with Gasteiger partial charge in [-0.2, -0.15) is 5.10 Å². The Bertz CT molecular complexity index is 1180. The highest BCUT2D eigenvalue weighted by Crippen LogP contribution is 2.33. The van der Waals surface area contributed by atoms with Gasteiger partial charge in [0.15, 0.2) is 11.6 Å². The Hall–Kier alpha value is -2.44. The topological polar surface area (TPSA) is 48.5 Å². The number of halogens is 2. The maximum absolute atomic E-state index is 6.32. The molecule has 0 bridgehead atoms. The van der Waals surface area contributed by atoms with E-state index in [1.807, 2.05) is 48.3 Å². The van der Waals surface area contributed by atoms with Crippen LogP contribution in [0.15, 0.2) is 53.3 Å². The molecule has 0 saturated carbocycles. The van der Waals surface area contributed by atoms with E-state index in [-0.39, 0.29) is 0 Å². The van der Waals surface area contributed by atoms with Gasteiger partial charge in [-0.05, 0) is 36.8 Å². The SMILES string of the molecule is Cc1ncn2c1Cn1nc(Cc3ccccc3Cl)nc1-c1cc(Br)ccc1-2. The third-order valence-corrected chi connectivity index (χ3v) is 5.72. The molecule has 0 aliphatic carbocycles. The normalized spacial score (nSPS) is 12.3. The van der Waals surface area contributed by atoms with E-state index in [0.717, 1.165) is 49.3 Å².